The standard InChI is InChI=1S/C42H61N13O11P2S2Si.C27H42N12O9P2S2Si.2CH5N/c1-22(2)25(56)17-28-47-34-31(37(58)48-28)45-20-54(34)39-24(5)29-26(64-39)18-62-68(70,60-15-12-13-43)53-30-27(19-63-67(69,52-29)61-16-14-44-9)65-40(33(30)66-71(10,11)42(6,7)8)55-21-46-32-35(55)49-41(51-38(32)59)50-36(57)23(3)4;1-11-14-12(46-23(11)38-9-30-16-19(38)32-25(28)34-21(16)40)7-44-50(43,52)37-15-13(8-45-49(42,51)36-14)47-24(18(15)48-53(5,6)27(2,3)4)39-10-31-17-20(39)33-26(29)35-22(17)41;2*1-2/h20-24,26-27,29-30,33,39-40H,12,14-19H2,1-8,10-11H3,(H,52,69)(H,53,70)(H,47,48,58)(H2,49,50,51,57,59);9-15,18,23-24H,7-8H2,1-6H3,(H2,36,42,51)(H2,37,43,52)(H3,28,32,34,40)(H3,29,33,35,41);2*2H2,1H3/t24-,26-,27-,29+,30-,33-,39-,40-,67?,68?;11-,12-,13-,14+,15-,18-,23-,24-,49?,50?;;/m11../s1. The maximum Gasteiger partial charge on any atom is 0.280 e. The van der Waals surface area contributed by atoms with Gasteiger partial charge in [-0.2, -0.15) is 20.2 Å². The van der Waals surface area contributed by atoms with Gasteiger partial charge in [0, 0.05) is 29.7 Å². The molecule has 0 spiro atoms. The Morgan fingerprint density at radius 2 is 0.992 bits per heavy atom. The first-order chi connectivity index (χ1) is 60.0. The Morgan fingerprint density at radius 1 is 0.609 bits per heavy atom. The molecule has 20 atom stereocenters. The monoisotopic (exact) mass is 1970 g/mol. The van der Waals surface area contributed by atoms with E-state index >= 15 is 0 Å². The number of nitriles is 1. The Labute approximate surface area is 758 Å². The van der Waals surface area contributed by atoms with Crippen LogP contribution >= 0.6 is 26.6 Å². The molecule has 19 N–H and O–H groups in total. The summed E-state index contributed by atoms with van der Waals surface area (Å²) in [5.41, 5.74) is 16.6. The molecule has 6 aliphatic rings. The van der Waals surface area contributed by atoms with Crippen molar-refractivity contribution in [3.63, 3.8) is 0 Å². The molecular formula is C71H113N27O20P4S4Si2. The van der Waals surface area contributed by atoms with E-state index in [0.29, 0.717) is 0 Å². The third-order valence-electron chi connectivity index (χ3n) is 23.1. The number of anilines is 3. The zero-order chi connectivity index (χ0) is 94.2. The number of ketones is 1. The third kappa shape index (κ3) is 22.4. The molecule has 6 aliphatic heterocycles. The van der Waals surface area contributed by atoms with Crippen molar-refractivity contribution >= 4 is 165 Å². The number of Topliss-reactive ketones (excluding diaryl/α,β-unsaturated/α-hetero) is 1. The molecule has 0 radical (unpaired) electrons. The average molecular weight is 1970 g/mol. The summed E-state index contributed by atoms with van der Waals surface area (Å²) in [4.78, 5) is 140. The summed E-state index contributed by atoms with van der Waals surface area (Å²) in [6.07, 6.45) is -3.91. The number of H-pyrrole nitrogens is 4. The van der Waals surface area contributed by atoms with Crippen LogP contribution in [0.2, 0.25) is 36.3 Å². The van der Waals surface area contributed by atoms with Crippen LogP contribution in [0.3, 0.4) is 0 Å². The fourth-order valence-corrected chi connectivity index (χ4v) is 25.1. The summed E-state index contributed by atoms with van der Waals surface area (Å²) in [5, 5.41) is 24.5. The van der Waals surface area contributed by atoms with Gasteiger partial charge in [0.15, 0.2) is 73.7 Å². The minimum Gasteiger partial charge on any atom is -0.789 e. The molecule has 0 bridgehead atoms. The lowest BCUT2D eigenvalue weighted by Gasteiger charge is -2.42. The number of hydrogen-bond acceptors (Lipinski definition) is 35. The molecule has 1 amide bonds. The smallest absolute Gasteiger partial charge is 0.280 e. The van der Waals surface area contributed by atoms with E-state index in [4.69, 9.17) is 121 Å². The van der Waals surface area contributed by atoms with Gasteiger partial charge in [-0.15, -0.1) is 0 Å². The molecule has 0 saturated carbocycles. The molecule has 128 heavy (non-hydrogen) atoms. The molecular weight excluding hydrogens is 1860 g/mol. The Hall–Kier alpha value is -6.68. The normalized spacial score (nSPS) is 30.2. The highest BCUT2D eigenvalue weighted by molar-refractivity contribution is 8.33. The van der Waals surface area contributed by atoms with Crippen LogP contribution in [0.5, 0.6) is 0 Å². The first-order valence-electron chi connectivity index (χ1n) is 41.1. The van der Waals surface area contributed by atoms with Crippen LogP contribution in [0.25, 0.3) is 49.5 Å². The average Bonchev–Trinajstić information content (AvgIpc) is 1.60. The highest BCUT2D eigenvalue weighted by Crippen LogP contribution is 2.56. The summed E-state index contributed by atoms with van der Waals surface area (Å²) in [5.74, 6) is -2.35. The van der Waals surface area contributed by atoms with Gasteiger partial charge in [0.25, 0.3) is 35.5 Å². The van der Waals surface area contributed by atoms with E-state index in [1.54, 1.807) is 57.8 Å². The fourth-order valence-electron chi connectivity index (χ4n) is 14.4. The number of rotatable bonds is 19. The highest BCUT2D eigenvalue weighted by Gasteiger charge is 2.57. The van der Waals surface area contributed by atoms with Gasteiger partial charge in [-0.1, -0.05) is 94.9 Å². The van der Waals surface area contributed by atoms with Gasteiger partial charge < -0.3 is 109 Å². The second-order valence-electron chi connectivity index (χ2n) is 34.5. The lowest BCUT2D eigenvalue weighted by molar-refractivity contribution is -0.325. The summed E-state index contributed by atoms with van der Waals surface area (Å²) < 4.78 is 99.1. The lowest BCUT2D eigenvalue weighted by Crippen LogP contribution is -2.53. The number of imidazole rings is 4. The summed E-state index contributed by atoms with van der Waals surface area (Å²) in [7, 11) is -1.90. The van der Waals surface area contributed by atoms with Gasteiger partial charge in [-0.3, -0.25) is 77.5 Å². The number of fused-ring (bicyclic) bond motifs is 8. The van der Waals surface area contributed by atoms with Crippen LogP contribution in [-0.4, -0.2) is 227 Å². The minimum absolute atomic E-state index is 0.00853. The largest absolute Gasteiger partial charge is 0.789 e. The number of ether oxygens (including phenoxy) is 4. The van der Waals surface area contributed by atoms with Gasteiger partial charge in [0.1, 0.15) is 67.9 Å². The predicted octanol–water partition coefficient (Wildman–Crippen LogP) is 2.87. The molecule has 6 saturated heterocycles. The molecule has 14 rings (SSSR count). The van der Waals surface area contributed by atoms with Crippen LogP contribution in [0.4, 0.5) is 17.8 Å². The first-order valence-corrected chi connectivity index (χ1v) is 57.5. The van der Waals surface area contributed by atoms with E-state index in [1.165, 1.54) is 34.4 Å². The number of carbonyl (C=O) groups is 2. The van der Waals surface area contributed by atoms with Crippen molar-refractivity contribution in [2.24, 2.45) is 23.7 Å². The maximum absolute atomic E-state index is 14.2. The summed E-state index contributed by atoms with van der Waals surface area (Å²) >= 11 is 23.6. The van der Waals surface area contributed by atoms with E-state index < -0.39 is 169 Å². The van der Waals surface area contributed by atoms with Crippen LogP contribution in [0.1, 0.15) is 120 Å². The van der Waals surface area contributed by atoms with Crippen molar-refractivity contribution < 1.29 is 85.5 Å². The molecule has 4 unspecified atom stereocenters. The number of amides is 1. The number of aromatic amines is 4. The number of nitrogens with zero attached hydrogens (tertiary/aromatic N) is 14. The topological polar surface area (TPSA) is 635 Å². The van der Waals surface area contributed by atoms with Crippen molar-refractivity contribution in [2.45, 2.75) is 218 Å². The molecule has 8 aromatic rings. The molecule has 0 aromatic carbocycles. The number of quaternary nitrogens is 2. The lowest BCUT2D eigenvalue weighted by atomic mass is 10.00. The highest BCUT2D eigenvalue weighted by atomic mass is 32.7. The van der Waals surface area contributed by atoms with Gasteiger partial charge in [-0.05, 0) is 59.9 Å². The molecule has 8 aromatic heterocycles. The van der Waals surface area contributed by atoms with Crippen molar-refractivity contribution in [2.75, 3.05) is 77.1 Å². The zero-order valence-electron chi connectivity index (χ0n) is 74.0. The van der Waals surface area contributed by atoms with Gasteiger partial charge >= 0.3 is 0 Å². The Kier molecular flexibility index (Phi) is 32.3. The van der Waals surface area contributed by atoms with E-state index in [9.17, 15) is 43.5 Å². The number of aromatic nitrogens is 16. The van der Waals surface area contributed by atoms with Gasteiger partial charge in [0.2, 0.25) is 30.3 Å². The van der Waals surface area contributed by atoms with E-state index in [-0.39, 0.29) is 155 Å². The summed E-state index contributed by atoms with van der Waals surface area (Å²) in [6, 6.07) is -1.28. The molecule has 14 heterocycles. The minimum atomic E-state index is -4.13. The van der Waals surface area contributed by atoms with Gasteiger partial charge in [-0.25, -0.2) is 41.7 Å². The molecule has 57 heteroatoms. The Morgan fingerprint density at radius 3 is 1.44 bits per heavy atom. The van der Waals surface area contributed by atoms with Gasteiger partial charge in [0.05, 0.1) is 122 Å². The van der Waals surface area contributed by atoms with E-state index in [1.807, 2.05) is 20.0 Å². The van der Waals surface area contributed by atoms with Crippen LogP contribution < -0.4 is 75.7 Å². The number of nitrogen functional groups attached to an aromatic ring is 2. The van der Waals surface area contributed by atoms with Crippen LogP contribution in [0, 0.1) is 41.6 Å². The molecule has 704 valence electrons. The van der Waals surface area contributed by atoms with Crippen LogP contribution in [0.15, 0.2) is 44.5 Å². The van der Waals surface area contributed by atoms with Crippen molar-refractivity contribution in [3.05, 3.63) is 84.0 Å². The van der Waals surface area contributed by atoms with Crippen molar-refractivity contribution in [1.82, 2.24) is 98.4 Å². The number of hydrogen-bond donors (Lipinski definition) is 13. The zero-order valence-corrected chi connectivity index (χ0v) is 82.8. The molecule has 47 nitrogen and oxygen atoms in total. The SMILES string of the molecule is C[C@@H]1[C@@H]2NP([O-])(=S)OC[C@H]3O[C@@H](n4cnc5c(=O)[nH]c(N)nc54)[C@H](O[Si](C)(C)C(C)(C)C)[C@@H]3NP(=O)([S-])OC[C@H]2O[C@H]1n1cnc2c(=O)[nH]c(N)nc21.C[NH3+].C[NH3+].[C-]#[N+]CCOP1(=S)N[C@H]2[C@@H](C)[C@H](n3cnc4c(=O)[nH]c(CC(=O)C(C)C)nc43)O[C@@H]2COP(=S)(OCCC#N)N[C@H]2[C@@H](O[Si](C)(C)C(C)(C)C)[C@H](n3cnc4c(=O)[nH]c(NC(=O)C(C)C)nc43)O[C@@H]2CO1. The number of carbonyl (C=O) groups excluding carboxylic acids is 2. The Balaban J connectivity index is 0.000000248. The number of nitrogens with one attached hydrogen (secondary N) is 9. The molecule has 0 aliphatic carbocycles. The third-order valence-corrected chi connectivity index (χ3v) is 40.7. The van der Waals surface area contributed by atoms with Crippen molar-refractivity contribution in [3.8, 4) is 6.07 Å². The summed E-state index contributed by atoms with van der Waals surface area (Å²) in [6.45, 7) is 21.9. The fraction of sp³-hybridized carbons (Fsp3) is 0.662. The van der Waals surface area contributed by atoms with Crippen LogP contribution in [-0.2, 0) is 123 Å². The predicted molar refractivity (Wildman–Crippen MR) is 487 cm³/mol. The van der Waals surface area contributed by atoms with E-state index in [2.05, 4.69) is 162 Å². The maximum atomic E-state index is 14.2. The number of nitrogens with two attached hydrogens (primary N) is 2. The second kappa shape index (κ2) is 40.6. The second-order valence-corrected chi connectivity index (χ2v) is 56.3. The van der Waals surface area contributed by atoms with E-state index in [0.717, 1.165) is 0 Å². The first kappa shape index (κ1) is 102. The Bertz CT molecular complexity index is 5930. The quantitative estimate of drug-likeness (QED) is 0.0182. The molecule has 6 fully saturated rings. The van der Waals surface area contributed by atoms with Crippen molar-refractivity contribution in [1.29, 1.82) is 5.26 Å².